The number of benzene rings is 1. The van der Waals surface area contributed by atoms with Crippen LogP contribution < -0.4 is 5.32 Å². The van der Waals surface area contributed by atoms with Gasteiger partial charge in [0.15, 0.2) is 5.96 Å². The van der Waals surface area contributed by atoms with Gasteiger partial charge in [0.25, 0.3) is 0 Å². The van der Waals surface area contributed by atoms with Gasteiger partial charge < -0.3 is 19.7 Å². The molecule has 0 aromatic heterocycles. The van der Waals surface area contributed by atoms with Crippen LogP contribution >= 0.6 is 0 Å². The summed E-state index contributed by atoms with van der Waals surface area (Å²) in [5, 5.41) is 3.38. The summed E-state index contributed by atoms with van der Waals surface area (Å²) in [7, 11) is 5.47. The molecule has 0 unspecified atom stereocenters. The highest BCUT2D eigenvalue weighted by atomic mass is 19.1. The summed E-state index contributed by atoms with van der Waals surface area (Å²) in [5.41, 5.74) is 0.828. The molecule has 0 bridgehead atoms. The normalized spacial score (nSPS) is 17.8. The van der Waals surface area contributed by atoms with E-state index >= 15 is 0 Å². The third-order valence-corrected chi connectivity index (χ3v) is 4.31. The van der Waals surface area contributed by atoms with Crippen LogP contribution in [0.1, 0.15) is 18.4 Å². The molecule has 0 amide bonds. The van der Waals surface area contributed by atoms with E-state index in [1.165, 1.54) is 12.1 Å². The van der Waals surface area contributed by atoms with Crippen molar-refractivity contribution in [3.05, 3.63) is 35.6 Å². The van der Waals surface area contributed by atoms with Crippen molar-refractivity contribution in [2.75, 3.05) is 41.0 Å². The van der Waals surface area contributed by atoms with Gasteiger partial charge in [-0.15, -0.1) is 0 Å². The number of methoxy groups -OCH3 is 1. The zero-order valence-corrected chi connectivity index (χ0v) is 14.1. The lowest BCUT2D eigenvalue weighted by Crippen LogP contribution is -2.50. The Hall–Kier alpha value is -1.66. The highest BCUT2D eigenvalue weighted by Crippen LogP contribution is 2.23. The van der Waals surface area contributed by atoms with Gasteiger partial charge in [-0.25, -0.2) is 4.39 Å². The molecule has 6 heteroatoms. The van der Waals surface area contributed by atoms with E-state index in [9.17, 15) is 4.39 Å². The van der Waals surface area contributed by atoms with Crippen LogP contribution in [0.15, 0.2) is 29.3 Å². The molecule has 1 aromatic rings. The van der Waals surface area contributed by atoms with Crippen LogP contribution in [0.3, 0.4) is 0 Å². The quantitative estimate of drug-likeness (QED) is 0.665. The van der Waals surface area contributed by atoms with Crippen molar-refractivity contribution in [2.24, 2.45) is 4.99 Å². The van der Waals surface area contributed by atoms with E-state index in [-0.39, 0.29) is 11.4 Å². The minimum absolute atomic E-state index is 0.203. The Balaban J connectivity index is 1.92. The lowest BCUT2D eigenvalue weighted by atomic mass is 9.94. The van der Waals surface area contributed by atoms with Crippen molar-refractivity contribution in [3.63, 3.8) is 0 Å². The molecule has 1 aliphatic rings. The minimum Gasteiger partial charge on any atom is -0.381 e. The number of hydrogen-bond acceptors (Lipinski definition) is 3. The smallest absolute Gasteiger partial charge is 0.193 e. The maximum atomic E-state index is 13.0. The first-order chi connectivity index (χ1) is 11.1. The van der Waals surface area contributed by atoms with Crippen molar-refractivity contribution in [1.82, 2.24) is 10.2 Å². The van der Waals surface area contributed by atoms with Crippen LogP contribution in [0.5, 0.6) is 0 Å². The lowest BCUT2D eigenvalue weighted by molar-refractivity contribution is -0.0857. The summed E-state index contributed by atoms with van der Waals surface area (Å²) in [6.45, 7) is 2.79. The molecule has 1 N–H and O–H groups in total. The predicted molar refractivity (Wildman–Crippen MR) is 89.0 cm³/mol. The molecule has 0 spiro atoms. The van der Waals surface area contributed by atoms with Crippen LogP contribution in [-0.4, -0.2) is 57.4 Å². The van der Waals surface area contributed by atoms with E-state index in [4.69, 9.17) is 9.47 Å². The number of nitrogens with zero attached hydrogens (tertiary/aromatic N) is 2. The molecular weight excluding hydrogens is 297 g/mol. The molecule has 1 aromatic carbocycles. The number of aliphatic imine (C=N–C) groups is 1. The van der Waals surface area contributed by atoms with E-state index in [2.05, 4.69) is 10.3 Å². The summed E-state index contributed by atoms with van der Waals surface area (Å²) < 4.78 is 24.1. The SMILES string of the molecule is CN=C(NCC1(OC)CCOCC1)N(C)Cc1ccc(F)cc1. The van der Waals surface area contributed by atoms with Gasteiger partial charge in [-0.1, -0.05) is 12.1 Å². The fourth-order valence-electron chi connectivity index (χ4n) is 2.76. The molecule has 23 heavy (non-hydrogen) atoms. The molecule has 0 atom stereocenters. The second-order valence-corrected chi connectivity index (χ2v) is 5.88. The minimum atomic E-state index is -0.222. The summed E-state index contributed by atoms with van der Waals surface area (Å²) in [6, 6.07) is 6.52. The van der Waals surface area contributed by atoms with E-state index in [0.29, 0.717) is 13.1 Å². The highest BCUT2D eigenvalue weighted by molar-refractivity contribution is 5.79. The Morgan fingerprint density at radius 1 is 1.35 bits per heavy atom. The van der Waals surface area contributed by atoms with Crippen molar-refractivity contribution >= 4 is 5.96 Å². The third kappa shape index (κ3) is 4.91. The Bertz CT molecular complexity index is 513. The van der Waals surface area contributed by atoms with Gasteiger partial charge in [0.1, 0.15) is 5.82 Å². The van der Waals surface area contributed by atoms with Gasteiger partial charge in [-0.2, -0.15) is 0 Å². The Labute approximate surface area is 137 Å². The van der Waals surface area contributed by atoms with Crippen molar-refractivity contribution in [1.29, 1.82) is 0 Å². The van der Waals surface area contributed by atoms with Crippen LogP contribution in [0.4, 0.5) is 4.39 Å². The average Bonchev–Trinajstić information content (AvgIpc) is 2.58. The highest BCUT2D eigenvalue weighted by Gasteiger charge is 2.32. The number of halogens is 1. The van der Waals surface area contributed by atoms with Crippen molar-refractivity contribution in [2.45, 2.75) is 25.0 Å². The summed E-state index contributed by atoms with van der Waals surface area (Å²) >= 11 is 0. The number of guanidine groups is 1. The maximum Gasteiger partial charge on any atom is 0.193 e. The van der Waals surface area contributed by atoms with Gasteiger partial charge in [0.2, 0.25) is 0 Å². The topological polar surface area (TPSA) is 46.1 Å². The number of hydrogen-bond donors (Lipinski definition) is 1. The predicted octanol–water partition coefficient (Wildman–Crippen LogP) is 2.03. The molecule has 1 saturated heterocycles. The first-order valence-electron chi connectivity index (χ1n) is 7.88. The van der Waals surface area contributed by atoms with E-state index < -0.39 is 0 Å². The molecule has 1 heterocycles. The molecule has 0 saturated carbocycles. The van der Waals surface area contributed by atoms with E-state index in [1.807, 2.05) is 11.9 Å². The molecule has 128 valence electrons. The van der Waals surface area contributed by atoms with Gasteiger partial charge in [-0.05, 0) is 17.7 Å². The van der Waals surface area contributed by atoms with Gasteiger partial charge in [0, 0.05) is 60.4 Å². The van der Waals surface area contributed by atoms with Crippen LogP contribution in [0, 0.1) is 5.82 Å². The maximum absolute atomic E-state index is 13.0. The molecule has 2 rings (SSSR count). The first-order valence-corrected chi connectivity index (χ1v) is 7.88. The standard InChI is InChI=1S/C17H26FN3O2/c1-19-16(20-13-17(22-3)8-10-23-11-9-17)21(2)12-14-4-6-15(18)7-5-14/h4-7H,8-13H2,1-3H3,(H,19,20). The van der Waals surface area contributed by atoms with Gasteiger partial charge >= 0.3 is 0 Å². The molecule has 1 fully saturated rings. The Kier molecular flexibility index (Phi) is 6.36. The average molecular weight is 323 g/mol. The second kappa shape index (κ2) is 8.26. The molecular formula is C17H26FN3O2. The number of nitrogens with one attached hydrogen (secondary N) is 1. The fraction of sp³-hybridized carbons (Fsp3) is 0.588. The van der Waals surface area contributed by atoms with E-state index in [0.717, 1.165) is 37.6 Å². The zero-order valence-electron chi connectivity index (χ0n) is 14.1. The van der Waals surface area contributed by atoms with E-state index in [1.54, 1.807) is 26.3 Å². The molecule has 1 aliphatic heterocycles. The van der Waals surface area contributed by atoms with Crippen LogP contribution in [0.2, 0.25) is 0 Å². The Morgan fingerprint density at radius 3 is 2.57 bits per heavy atom. The molecule has 5 nitrogen and oxygen atoms in total. The second-order valence-electron chi connectivity index (χ2n) is 5.88. The van der Waals surface area contributed by atoms with Gasteiger partial charge in [-0.3, -0.25) is 4.99 Å². The van der Waals surface area contributed by atoms with Gasteiger partial charge in [0.05, 0.1) is 5.60 Å². The summed E-state index contributed by atoms with van der Waals surface area (Å²) in [6.07, 6.45) is 1.74. The zero-order chi connectivity index (χ0) is 16.7. The molecule has 0 radical (unpaired) electrons. The monoisotopic (exact) mass is 323 g/mol. The van der Waals surface area contributed by atoms with Crippen LogP contribution in [0.25, 0.3) is 0 Å². The first kappa shape index (κ1) is 17.7. The number of ether oxygens (including phenoxy) is 2. The number of rotatable bonds is 5. The summed E-state index contributed by atoms with van der Waals surface area (Å²) in [5.74, 6) is 0.567. The fourth-order valence-corrected chi connectivity index (χ4v) is 2.76. The third-order valence-electron chi connectivity index (χ3n) is 4.31. The van der Waals surface area contributed by atoms with Crippen LogP contribution in [-0.2, 0) is 16.0 Å². The summed E-state index contributed by atoms with van der Waals surface area (Å²) in [4.78, 5) is 6.33. The van der Waals surface area contributed by atoms with Crippen molar-refractivity contribution < 1.29 is 13.9 Å². The van der Waals surface area contributed by atoms with Crippen molar-refractivity contribution in [3.8, 4) is 0 Å². The largest absolute Gasteiger partial charge is 0.381 e. The Morgan fingerprint density at radius 2 is 2.00 bits per heavy atom. The molecule has 0 aliphatic carbocycles. The lowest BCUT2D eigenvalue weighted by Gasteiger charge is -2.37.